The first-order valence-corrected chi connectivity index (χ1v) is 6.59. The monoisotopic (exact) mass is 265 g/mol. The van der Waals surface area contributed by atoms with Gasteiger partial charge in [-0.05, 0) is 31.8 Å². The van der Waals surface area contributed by atoms with Crippen LogP contribution >= 0.6 is 0 Å². The van der Waals surface area contributed by atoms with Crippen LogP contribution < -0.4 is 0 Å². The van der Waals surface area contributed by atoms with Gasteiger partial charge in [-0.25, -0.2) is 0 Å². The van der Waals surface area contributed by atoms with Crippen LogP contribution in [0.2, 0.25) is 0 Å². The van der Waals surface area contributed by atoms with Crippen LogP contribution in [0.15, 0.2) is 23.4 Å². The largest absolute Gasteiger partial charge is 0.456 e. The molecule has 0 heterocycles. The van der Waals surface area contributed by atoms with Crippen LogP contribution in [0.1, 0.15) is 41.0 Å². The molecule has 0 aliphatic heterocycles. The van der Waals surface area contributed by atoms with Gasteiger partial charge in [0.25, 0.3) is 5.91 Å². The minimum atomic E-state index is -0.436. The number of carbonyl (C=O) groups is 2. The molecule has 0 fully saturated rings. The molecule has 0 bridgehead atoms. The molecule has 0 saturated carbocycles. The van der Waals surface area contributed by atoms with E-state index in [0.29, 0.717) is 6.54 Å². The van der Waals surface area contributed by atoms with Crippen molar-refractivity contribution in [1.82, 2.24) is 4.90 Å². The van der Waals surface area contributed by atoms with Crippen molar-refractivity contribution in [2.24, 2.45) is 5.41 Å². The Kier molecular flexibility index (Phi) is 4.92. The SMILES string of the molecule is CCN(C(=O)COC(C)=O)C1=CC(C)(C)CC(C)=C1. The summed E-state index contributed by atoms with van der Waals surface area (Å²) in [6.07, 6.45) is 5.13. The van der Waals surface area contributed by atoms with E-state index in [2.05, 4.69) is 26.8 Å². The molecule has 1 aliphatic carbocycles. The molecule has 4 heteroatoms. The second-order valence-electron chi connectivity index (χ2n) is 5.64. The van der Waals surface area contributed by atoms with Crippen molar-refractivity contribution < 1.29 is 14.3 Å². The molecule has 0 radical (unpaired) electrons. The topological polar surface area (TPSA) is 46.6 Å². The Hall–Kier alpha value is -1.58. The summed E-state index contributed by atoms with van der Waals surface area (Å²) in [5.41, 5.74) is 2.19. The predicted molar refractivity (Wildman–Crippen MR) is 74.3 cm³/mol. The van der Waals surface area contributed by atoms with E-state index in [1.165, 1.54) is 12.5 Å². The third kappa shape index (κ3) is 4.54. The molecule has 0 aromatic heterocycles. The van der Waals surface area contributed by atoms with E-state index in [4.69, 9.17) is 4.74 Å². The van der Waals surface area contributed by atoms with Crippen LogP contribution in [-0.2, 0) is 14.3 Å². The lowest BCUT2D eigenvalue weighted by molar-refractivity contribution is -0.149. The van der Waals surface area contributed by atoms with E-state index in [1.54, 1.807) is 4.90 Å². The van der Waals surface area contributed by atoms with Crippen LogP contribution in [0.25, 0.3) is 0 Å². The molecular weight excluding hydrogens is 242 g/mol. The van der Waals surface area contributed by atoms with Gasteiger partial charge in [0.15, 0.2) is 6.61 Å². The molecule has 0 aromatic carbocycles. The Morgan fingerprint density at radius 2 is 2.05 bits per heavy atom. The van der Waals surface area contributed by atoms with Gasteiger partial charge in [-0.15, -0.1) is 0 Å². The van der Waals surface area contributed by atoms with Crippen molar-refractivity contribution in [3.63, 3.8) is 0 Å². The molecule has 106 valence electrons. The zero-order valence-electron chi connectivity index (χ0n) is 12.4. The fourth-order valence-corrected chi connectivity index (χ4v) is 2.42. The number of allylic oxidation sites excluding steroid dienone is 3. The molecule has 0 atom stereocenters. The maximum atomic E-state index is 12.1. The van der Waals surface area contributed by atoms with Gasteiger partial charge >= 0.3 is 5.97 Å². The van der Waals surface area contributed by atoms with Gasteiger partial charge in [-0.2, -0.15) is 0 Å². The summed E-state index contributed by atoms with van der Waals surface area (Å²) in [5, 5.41) is 0. The van der Waals surface area contributed by atoms with Gasteiger partial charge in [0.2, 0.25) is 0 Å². The van der Waals surface area contributed by atoms with E-state index in [0.717, 1.165) is 12.1 Å². The van der Waals surface area contributed by atoms with Gasteiger partial charge in [-0.3, -0.25) is 9.59 Å². The number of likely N-dealkylation sites (N-methyl/N-ethyl adjacent to an activating group) is 1. The minimum Gasteiger partial charge on any atom is -0.456 e. The Balaban J connectivity index is 2.87. The van der Waals surface area contributed by atoms with Crippen molar-refractivity contribution >= 4 is 11.9 Å². The third-order valence-electron chi connectivity index (χ3n) is 3.00. The summed E-state index contributed by atoms with van der Waals surface area (Å²) in [6.45, 7) is 9.94. The molecule has 0 aromatic rings. The van der Waals surface area contributed by atoms with E-state index in [9.17, 15) is 9.59 Å². The number of rotatable bonds is 4. The smallest absolute Gasteiger partial charge is 0.303 e. The number of ether oxygens (including phenoxy) is 1. The lowest BCUT2D eigenvalue weighted by Gasteiger charge is -2.31. The highest BCUT2D eigenvalue weighted by atomic mass is 16.5. The minimum absolute atomic E-state index is 0.0449. The van der Waals surface area contributed by atoms with Gasteiger partial charge in [0, 0.05) is 19.2 Å². The fourth-order valence-electron chi connectivity index (χ4n) is 2.42. The number of hydrogen-bond acceptors (Lipinski definition) is 3. The molecule has 0 spiro atoms. The second kappa shape index (κ2) is 6.04. The first-order valence-electron chi connectivity index (χ1n) is 6.59. The van der Waals surface area contributed by atoms with E-state index < -0.39 is 5.97 Å². The second-order valence-corrected chi connectivity index (χ2v) is 5.64. The Morgan fingerprint density at radius 1 is 1.42 bits per heavy atom. The van der Waals surface area contributed by atoms with Crippen LogP contribution in [0.4, 0.5) is 0 Å². The van der Waals surface area contributed by atoms with Gasteiger partial charge in [0.05, 0.1) is 0 Å². The summed E-state index contributed by atoms with van der Waals surface area (Å²) in [5.74, 6) is -0.625. The van der Waals surface area contributed by atoms with Gasteiger partial charge in [-0.1, -0.05) is 25.5 Å². The molecule has 1 rings (SSSR count). The maximum absolute atomic E-state index is 12.1. The fraction of sp³-hybridized carbons (Fsp3) is 0.600. The average molecular weight is 265 g/mol. The number of carbonyl (C=O) groups excluding carboxylic acids is 2. The normalized spacial score (nSPS) is 17.3. The molecular formula is C15H23NO3. The highest BCUT2D eigenvalue weighted by molar-refractivity contribution is 5.82. The quantitative estimate of drug-likeness (QED) is 0.734. The Bertz CT molecular complexity index is 433. The van der Waals surface area contributed by atoms with Gasteiger partial charge < -0.3 is 9.64 Å². The summed E-state index contributed by atoms with van der Waals surface area (Å²) in [6, 6.07) is 0. The Morgan fingerprint density at radius 3 is 2.53 bits per heavy atom. The van der Waals surface area contributed by atoms with Crippen LogP contribution in [-0.4, -0.2) is 29.9 Å². The molecule has 1 amide bonds. The zero-order chi connectivity index (χ0) is 14.6. The van der Waals surface area contributed by atoms with Crippen LogP contribution in [0.5, 0.6) is 0 Å². The van der Waals surface area contributed by atoms with E-state index in [-0.39, 0.29) is 17.9 Å². The molecule has 4 nitrogen and oxygen atoms in total. The highest BCUT2D eigenvalue weighted by Crippen LogP contribution is 2.34. The van der Waals surface area contributed by atoms with Crippen molar-refractivity contribution in [2.45, 2.75) is 41.0 Å². The zero-order valence-corrected chi connectivity index (χ0v) is 12.4. The molecule has 1 aliphatic rings. The number of esters is 1. The van der Waals surface area contributed by atoms with Crippen molar-refractivity contribution in [3.05, 3.63) is 23.4 Å². The van der Waals surface area contributed by atoms with E-state index in [1.807, 2.05) is 13.0 Å². The molecule has 0 saturated heterocycles. The molecule has 0 unspecified atom stereocenters. The summed E-state index contributed by atoms with van der Waals surface area (Å²) >= 11 is 0. The number of nitrogens with zero attached hydrogens (tertiary/aromatic N) is 1. The van der Waals surface area contributed by atoms with Crippen LogP contribution in [0.3, 0.4) is 0 Å². The highest BCUT2D eigenvalue weighted by Gasteiger charge is 2.25. The summed E-state index contributed by atoms with van der Waals surface area (Å²) in [7, 11) is 0. The average Bonchev–Trinajstić information content (AvgIpc) is 2.24. The first kappa shape index (κ1) is 15.5. The molecule has 0 N–H and O–H groups in total. The lowest BCUT2D eigenvalue weighted by atomic mass is 9.81. The third-order valence-corrected chi connectivity index (χ3v) is 3.00. The predicted octanol–water partition coefficient (Wildman–Crippen LogP) is 2.66. The summed E-state index contributed by atoms with van der Waals surface area (Å²) < 4.78 is 4.78. The number of hydrogen-bond donors (Lipinski definition) is 0. The first-order chi connectivity index (χ1) is 8.75. The lowest BCUT2D eigenvalue weighted by Crippen LogP contribution is -2.35. The van der Waals surface area contributed by atoms with Crippen molar-refractivity contribution in [3.8, 4) is 0 Å². The van der Waals surface area contributed by atoms with E-state index >= 15 is 0 Å². The van der Waals surface area contributed by atoms with Crippen LogP contribution in [0, 0.1) is 5.41 Å². The Labute approximate surface area is 115 Å². The maximum Gasteiger partial charge on any atom is 0.303 e. The summed E-state index contributed by atoms with van der Waals surface area (Å²) in [4.78, 5) is 24.5. The standard InChI is InChI=1S/C15H23NO3/c1-6-16(14(18)10-19-12(3)17)13-7-11(2)8-15(4,5)9-13/h7,9H,6,8,10H2,1-5H3. The number of amides is 1. The van der Waals surface area contributed by atoms with Crippen molar-refractivity contribution in [1.29, 1.82) is 0 Å². The van der Waals surface area contributed by atoms with Crippen molar-refractivity contribution in [2.75, 3.05) is 13.2 Å². The van der Waals surface area contributed by atoms with Gasteiger partial charge in [0.1, 0.15) is 0 Å². The molecule has 19 heavy (non-hydrogen) atoms.